The second-order valence-electron chi connectivity index (χ2n) is 9.32. The summed E-state index contributed by atoms with van der Waals surface area (Å²) in [5.74, 6) is 0.217. The number of ether oxygens (including phenoxy) is 1. The number of carbonyl (C=O) groups is 1. The number of anilines is 4. The molecule has 5 rings (SSSR count). The number of nitrogens with zero attached hydrogens (tertiary/aromatic N) is 4. The van der Waals surface area contributed by atoms with E-state index < -0.39 is 0 Å². The van der Waals surface area contributed by atoms with Gasteiger partial charge in [0.15, 0.2) is 0 Å². The molecule has 0 aliphatic carbocycles. The zero-order valence-electron chi connectivity index (χ0n) is 21.9. The Kier molecular flexibility index (Phi) is 8.36. The molecule has 0 radical (unpaired) electrons. The molecule has 3 aromatic carbocycles. The standard InChI is InChI=1S/C30H31ClN6O2/c1-3-28(38)33-23-8-4-6-21(18-23)25-9-5-7-22-20-32-30(35-29(22)25)34-24-10-11-27(26(31)19-24)37-14-12-36(13-15-37)16-17-39-2/h3-11,18-20H,1,12-17H2,2H3,(H,33,38)(H,32,34,35). The summed E-state index contributed by atoms with van der Waals surface area (Å²) in [5, 5.41) is 7.72. The maximum atomic E-state index is 11.8. The van der Waals surface area contributed by atoms with Gasteiger partial charge in [0.1, 0.15) is 0 Å². The first-order chi connectivity index (χ1) is 19.0. The van der Waals surface area contributed by atoms with E-state index in [-0.39, 0.29) is 5.91 Å². The summed E-state index contributed by atoms with van der Waals surface area (Å²) in [5.41, 5.74) is 5.20. The van der Waals surface area contributed by atoms with Crippen LogP contribution in [0.25, 0.3) is 22.0 Å². The van der Waals surface area contributed by atoms with Crippen molar-refractivity contribution in [2.24, 2.45) is 0 Å². The molecule has 1 fully saturated rings. The maximum Gasteiger partial charge on any atom is 0.247 e. The van der Waals surface area contributed by atoms with E-state index in [4.69, 9.17) is 21.3 Å². The molecular formula is C30H31ClN6O2. The van der Waals surface area contributed by atoms with Gasteiger partial charge >= 0.3 is 0 Å². The van der Waals surface area contributed by atoms with Crippen LogP contribution in [0.4, 0.5) is 23.0 Å². The topological polar surface area (TPSA) is 82.6 Å². The number of fused-ring (bicyclic) bond motifs is 1. The lowest BCUT2D eigenvalue weighted by Crippen LogP contribution is -2.47. The minimum Gasteiger partial charge on any atom is -0.383 e. The Balaban J connectivity index is 1.34. The Hall–Kier alpha value is -3.98. The molecule has 0 saturated carbocycles. The SMILES string of the molecule is C=CC(=O)Nc1cccc(-c2cccc3cnc(Nc4ccc(N5CCN(CCOC)CC5)c(Cl)c4)nc23)c1. The molecular weight excluding hydrogens is 512 g/mol. The number of rotatable bonds is 9. The van der Waals surface area contributed by atoms with E-state index in [1.165, 1.54) is 6.08 Å². The smallest absolute Gasteiger partial charge is 0.247 e. The molecule has 9 heteroatoms. The van der Waals surface area contributed by atoms with Gasteiger partial charge in [-0.1, -0.05) is 48.5 Å². The number of amides is 1. The van der Waals surface area contributed by atoms with Crippen LogP contribution in [-0.4, -0.2) is 67.2 Å². The second-order valence-corrected chi connectivity index (χ2v) is 9.73. The van der Waals surface area contributed by atoms with Crippen molar-refractivity contribution < 1.29 is 9.53 Å². The van der Waals surface area contributed by atoms with Crippen molar-refractivity contribution in [1.29, 1.82) is 0 Å². The Bertz CT molecular complexity index is 1490. The van der Waals surface area contributed by atoms with Gasteiger partial charge in [-0.2, -0.15) is 0 Å². The van der Waals surface area contributed by atoms with Gasteiger partial charge in [0.2, 0.25) is 11.9 Å². The van der Waals surface area contributed by atoms with Crippen LogP contribution in [0.1, 0.15) is 0 Å². The van der Waals surface area contributed by atoms with Gasteiger partial charge in [-0.3, -0.25) is 9.69 Å². The lowest BCUT2D eigenvalue weighted by atomic mass is 10.0. The summed E-state index contributed by atoms with van der Waals surface area (Å²) in [4.78, 5) is 25.8. The summed E-state index contributed by atoms with van der Waals surface area (Å²) in [7, 11) is 1.74. The highest BCUT2D eigenvalue weighted by Gasteiger charge is 2.19. The van der Waals surface area contributed by atoms with Gasteiger partial charge in [-0.05, 0) is 42.0 Å². The molecule has 0 spiro atoms. The van der Waals surface area contributed by atoms with E-state index >= 15 is 0 Å². The quantitative estimate of drug-likeness (QED) is 0.267. The lowest BCUT2D eigenvalue weighted by Gasteiger charge is -2.36. The summed E-state index contributed by atoms with van der Waals surface area (Å²) in [6.07, 6.45) is 3.05. The Morgan fingerprint density at radius 1 is 1.08 bits per heavy atom. The number of nitrogens with one attached hydrogen (secondary N) is 2. The average molecular weight is 543 g/mol. The van der Waals surface area contributed by atoms with Crippen LogP contribution in [-0.2, 0) is 9.53 Å². The van der Waals surface area contributed by atoms with E-state index in [0.717, 1.165) is 72.7 Å². The molecule has 1 saturated heterocycles. The highest BCUT2D eigenvalue weighted by molar-refractivity contribution is 6.33. The third-order valence-corrected chi connectivity index (χ3v) is 7.07. The van der Waals surface area contributed by atoms with E-state index in [1.807, 2.05) is 60.7 Å². The predicted molar refractivity (Wildman–Crippen MR) is 159 cm³/mol. The molecule has 1 aliphatic rings. The largest absolute Gasteiger partial charge is 0.383 e. The number of para-hydroxylation sites is 1. The molecule has 0 bridgehead atoms. The summed E-state index contributed by atoms with van der Waals surface area (Å²) >= 11 is 6.72. The van der Waals surface area contributed by atoms with Crippen molar-refractivity contribution in [1.82, 2.24) is 14.9 Å². The third-order valence-electron chi connectivity index (χ3n) is 6.77. The van der Waals surface area contributed by atoms with Crippen molar-refractivity contribution in [3.8, 4) is 11.1 Å². The van der Waals surface area contributed by atoms with Gasteiger partial charge in [-0.15, -0.1) is 0 Å². The molecule has 0 unspecified atom stereocenters. The van der Waals surface area contributed by atoms with Gasteiger partial charge in [0.05, 0.1) is 22.8 Å². The number of aromatic nitrogens is 2. The Morgan fingerprint density at radius 2 is 1.90 bits per heavy atom. The van der Waals surface area contributed by atoms with Crippen molar-refractivity contribution in [3.05, 3.63) is 84.5 Å². The van der Waals surface area contributed by atoms with Crippen LogP contribution in [0.15, 0.2) is 79.5 Å². The van der Waals surface area contributed by atoms with Crippen molar-refractivity contribution in [2.75, 3.05) is 62.0 Å². The Labute approximate surface area is 233 Å². The van der Waals surface area contributed by atoms with Crippen LogP contribution in [0.5, 0.6) is 0 Å². The van der Waals surface area contributed by atoms with E-state index in [2.05, 4.69) is 32.0 Å². The van der Waals surface area contributed by atoms with Crippen LogP contribution >= 0.6 is 11.6 Å². The zero-order valence-corrected chi connectivity index (χ0v) is 22.6. The van der Waals surface area contributed by atoms with Gasteiger partial charge in [0.25, 0.3) is 0 Å². The van der Waals surface area contributed by atoms with Crippen LogP contribution in [0.2, 0.25) is 5.02 Å². The normalized spacial score (nSPS) is 13.8. The molecule has 2 N–H and O–H groups in total. The summed E-state index contributed by atoms with van der Waals surface area (Å²) in [6.45, 7) is 9.02. The number of methoxy groups -OCH3 is 1. The second kappa shape index (κ2) is 12.3. The first-order valence-electron chi connectivity index (χ1n) is 12.9. The molecule has 200 valence electrons. The summed E-state index contributed by atoms with van der Waals surface area (Å²) < 4.78 is 5.20. The number of benzene rings is 3. The average Bonchev–Trinajstić information content (AvgIpc) is 2.96. The van der Waals surface area contributed by atoms with E-state index in [9.17, 15) is 4.79 Å². The van der Waals surface area contributed by atoms with Gasteiger partial charge in [-0.25, -0.2) is 9.97 Å². The predicted octanol–water partition coefficient (Wildman–Crippen LogP) is 5.59. The number of hydrogen-bond acceptors (Lipinski definition) is 7. The minimum atomic E-state index is -0.257. The van der Waals surface area contributed by atoms with Gasteiger partial charge in [0, 0.05) is 68.4 Å². The minimum absolute atomic E-state index is 0.257. The fourth-order valence-corrected chi connectivity index (χ4v) is 5.01. The van der Waals surface area contributed by atoms with Crippen LogP contribution in [0, 0.1) is 0 Å². The number of hydrogen-bond donors (Lipinski definition) is 2. The van der Waals surface area contributed by atoms with Crippen molar-refractivity contribution >= 4 is 51.4 Å². The monoisotopic (exact) mass is 542 g/mol. The number of carbonyl (C=O) groups excluding carboxylic acids is 1. The molecule has 4 aromatic rings. The van der Waals surface area contributed by atoms with E-state index in [1.54, 1.807) is 13.3 Å². The molecule has 0 atom stereocenters. The van der Waals surface area contributed by atoms with Crippen molar-refractivity contribution in [3.63, 3.8) is 0 Å². The zero-order chi connectivity index (χ0) is 27.2. The fraction of sp³-hybridized carbons (Fsp3) is 0.233. The number of piperazine rings is 1. The van der Waals surface area contributed by atoms with Crippen LogP contribution < -0.4 is 15.5 Å². The van der Waals surface area contributed by atoms with E-state index in [0.29, 0.717) is 16.7 Å². The molecule has 8 nitrogen and oxygen atoms in total. The number of halogens is 1. The molecule has 1 aliphatic heterocycles. The molecule has 39 heavy (non-hydrogen) atoms. The molecule has 2 heterocycles. The fourth-order valence-electron chi connectivity index (χ4n) is 4.71. The Morgan fingerprint density at radius 3 is 2.67 bits per heavy atom. The lowest BCUT2D eigenvalue weighted by molar-refractivity contribution is -0.111. The highest BCUT2D eigenvalue weighted by atomic mass is 35.5. The first kappa shape index (κ1) is 26.6. The molecule has 1 amide bonds. The highest BCUT2D eigenvalue weighted by Crippen LogP contribution is 2.32. The third kappa shape index (κ3) is 6.37. The summed E-state index contributed by atoms with van der Waals surface area (Å²) in [6, 6.07) is 19.6. The molecule has 1 aromatic heterocycles. The van der Waals surface area contributed by atoms with Crippen molar-refractivity contribution in [2.45, 2.75) is 0 Å². The first-order valence-corrected chi connectivity index (χ1v) is 13.2. The maximum absolute atomic E-state index is 11.8. The van der Waals surface area contributed by atoms with Crippen LogP contribution in [0.3, 0.4) is 0 Å². The van der Waals surface area contributed by atoms with Gasteiger partial charge < -0.3 is 20.3 Å².